The molecule has 116 valence electrons. The molecule has 3 N–H and O–H groups in total. The highest BCUT2D eigenvalue weighted by molar-refractivity contribution is 6.06. The molecule has 0 atom stereocenters. The lowest BCUT2D eigenvalue weighted by Gasteiger charge is -2.10. The van der Waals surface area contributed by atoms with Crippen molar-refractivity contribution in [1.82, 2.24) is 9.97 Å². The third-order valence-electron chi connectivity index (χ3n) is 3.19. The highest BCUT2D eigenvalue weighted by atomic mass is 16.5. The lowest BCUT2D eigenvalue weighted by atomic mass is 10.2. The number of hydrogen-bond donors (Lipinski definition) is 2. The molecule has 0 saturated heterocycles. The van der Waals surface area contributed by atoms with E-state index in [2.05, 4.69) is 15.3 Å². The lowest BCUT2D eigenvalue weighted by Crippen LogP contribution is -2.17. The number of aromatic nitrogens is 2. The van der Waals surface area contributed by atoms with E-state index in [4.69, 9.17) is 14.9 Å². The summed E-state index contributed by atoms with van der Waals surface area (Å²) in [7, 11) is 1.53. The summed E-state index contributed by atoms with van der Waals surface area (Å²) in [5, 5.41) is 2.72. The Hall–Kier alpha value is -3.35. The predicted molar refractivity (Wildman–Crippen MR) is 85.1 cm³/mol. The Balaban J connectivity index is 1.91. The first-order valence-corrected chi connectivity index (χ1v) is 6.78. The molecule has 0 bridgehead atoms. The molecule has 2 heterocycles. The van der Waals surface area contributed by atoms with Crippen LogP contribution in [0.3, 0.4) is 0 Å². The number of rotatable bonds is 4. The monoisotopic (exact) mass is 310 g/mol. The number of benzene rings is 1. The zero-order valence-corrected chi connectivity index (χ0v) is 12.3. The van der Waals surface area contributed by atoms with Crippen molar-refractivity contribution in [3.8, 4) is 17.0 Å². The summed E-state index contributed by atoms with van der Waals surface area (Å²) in [5.74, 6) is 0.118. The number of furan rings is 1. The zero-order valence-electron chi connectivity index (χ0n) is 12.3. The quantitative estimate of drug-likeness (QED) is 0.767. The van der Waals surface area contributed by atoms with Gasteiger partial charge >= 0.3 is 0 Å². The van der Waals surface area contributed by atoms with E-state index in [0.717, 1.165) is 0 Å². The van der Waals surface area contributed by atoms with Crippen molar-refractivity contribution >= 4 is 17.4 Å². The molecule has 1 amide bonds. The van der Waals surface area contributed by atoms with Gasteiger partial charge in [0.1, 0.15) is 5.75 Å². The van der Waals surface area contributed by atoms with Gasteiger partial charge in [0.25, 0.3) is 5.91 Å². The molecule has 0 spiro atoms. The average molecular weight is 310 g/mol. The van der Waals surface area contributed by atoms with E-state index in [-0.39, 0.29) is 11.5 Å². The number of hydrogen-bond acceptors (Lipinski definition) is 6. The number of amides is 1. The van der Waals surface area contributed by atoms with Crippen molar-refractivity contribution < 1.29 is 13.9 Å². The Morgan fingerprint density at radius 3 is 2.87 bits per heavy atom. The minimum atomic E-state index is -0.468. The van der Waals surface area contributed by atoms with Crippen LogP contribution in [-0.4, -0.2) is 23.0 Å². The first-order chi connectivity index (χ1) is 11.2. The maximum Gasteiger partial charge on any atom is 0.278 e. The number of ether oxygens (including phenoxy) is 1. The number of nitrogens with two attached hydrogens (primary N) is 1. The van der Waals surface area contributed by atoms with E-state index < -0.39 is 5.91 Å². The summed E-state index contributed by atoms with van der Waals surface area (Å²) in [6, 6.07) is 8.78. The Kier molecular flexibility index (Phi) is 3.92. The molecule has 7 nitrogen and oxygen atoms in total. The second kappa shape index (κ2) is 6.18. The van der Waals surface area contributed by atoms with E-state index in [1.165, 1.54) is 25.8 Å². The van der Waals surface area contributed by atoms with Gasteiger partial charge in [-0.15, -0.1) is 0 Å². The van der Waals surface area contributed by atoms with Crippen LogP contribution in [0.25, 0.3) is 11.3 Å². The Morgan fingerprint density at radius 2 is 2.13 bits per heavy atom. The van der Waals surface area contributed by atoms with Crippen molar-refractivity contribution in [2.45, 2.75) is 0 Å². The van der Waals surface area contributed by atoms with E-state index in [1.807, 2.05) is 6.07 Å². The minimum absolute atomic E-state index is 0.0367. The fraction of sp³-hybridized carbons (Fsp3) is 0.0625. The van der Waals surface area contributed by atoms with Crippen LogP contribution in [0.1, 0.15) is 10.5 Å². The molecule has 0 radical (unpaired) electrons. The second-order valence-electron chi connectivity index (χ2n) is 4.66. The minimum Gasteiger partial charge on any atom is -0.495 e. The smallest absolute Gasteiger partial charge is 0.278 e. The van der Waals surface area contributed by atoms with Gasteiger partial charge in [0, 0.05) is 5.56 Å². The van der Waals surface area contributed by atoms with Crippen LogP contribution in [0.2, 0.25) is 0 Å². The number of carbonyl (C=O) groups is 1. The Morgan fingerprint density at radius 1 is 1.30 bits per heavy atom. The molecule has 23 heavy (non-hydrogen) atoms. The number of nitrogens with zero attached hydrogens (tertiary/aromatic N) is 2. The molecule has 0 unspecified atom stereocenters. The number of nitrogen functional groups attached to an aromatic ring is 1. The van der Waals surface area contributed by atoms with Gasteiger partial charge in [-0.3, -0.25) is 4.79 Å². The van der Waals surface area contributed by atoms with Gasteiger partial charge in [-0.25, -0.2) is 9.97 Å². The first-order valence-electron chi connectivity index (χ1n) is 6.78. The van der Waals surface area contributed by atoms with Gasteiger partial charge in [-0.05, 0) is 18.2 Å². The van der Waals surface area contributed by atoms with Gasteiger partial charge < -0.3 is 20.2 Å². The molecule has 2 aromatic heterocycles. The number of carbonyl (C=O) groups excluding carboxylic acids is 1. The van der Waals surface area contributed by atoms with Crippen LogP contribution in [0.15, 0.2) is 53.5 Å². The molecule has 0 fully saturated rings. The second-order valence-corrected chi connectivity index (χ2v) is 4.66. The Labute approximate surface area is 132 Å². The van der Waals surface area contributed by atoms with Crippen LogP contribution in [-0.2, 0) is 0 Å². The third kappa shape index (κ3) is 2.98. The molecule has 1 aromatic carbocycles. The summed E-state index contributed by atoms with van der Waals surface area (Å²) in [5.41, 5.74) is 7.55. The molecule has 3 rings (SSSR count). The van der Waals surface area contributed by atoms with Gasteiger partial charge in [0.2, 0.25) is 0 Å². The molecule has 0 saturated carbocycles. The van der Waals surface area contributed by atoms with Crippen LogP contribution in [0.4, 0.5) is 11.5 Å². The summed E-state index contributed by atoms with van der Waals surface area (Å²) >= 11 is 0. The standard InChI is InChI=1S/C16H14N4O3/c1-22-13-5-3-2-4-11(13)20-16(21)14-15(17)18-8-12(19-14)10-6-7-23-9-10/h2-9H,1H3,(H2,17,18)(H,20,21). The zero-order chi connectivity index (χ0) is 16.2. The van der Waals surface area contributed by atoms with Crippen molar-refractivity contribution in [3.63, 3.8) is 0 Å². The normalized spacial score (nSPS) is 10.3. The molecular weight excluding hydrogens is 296 g/mol. The molecular formula is C16H14N4O3. The summed E-state index contributed by atoms with van der Waals surface area (Å²) in [6.07, 6.45) is 4.52. The van der Waals surface area contributed by atoms with Crippen molar-refractivity contribution in [1.29, 1.82) is 0 Å². The van der Waals surface area contributed by atoms with Crippen molar-refractivity contribution in [3.05, 3.63) is 54.7 Å². The van der Waals surface area contributed by atoms with E-state index in [9.17, 15) is 4.79 Å². The summed E-state index contributed by atoms with van der Waals surface area (Å²) in [6.45, 7) is 0. The fourth-order valence-electron chi connectivity index (χ4n) is 2.04. The third-order valence-corrected chi connectivity index (χ3v) is 3.19. The molecule has 0 aliphatic heterocycles. The number of nitrogens with one attached hydrogen (secondary N) is 1. The molecule has 7 heteroatoms. The van der Waals surface area contributed by atoms with Crippen LogP contribution < -0.4 is 15.8 Å². The lowest BCUT2D eigenvalue weighted by molar-refractivity contribution is 0.102. The highest BCUT2D eigenvalue weighted by Crippen LogP contribution is 2.24. The number of para-hydroxylation sites is 2. The topological polar surface area (TPSA) is 103 Å². The predicted octanol–water partition coefficient (Wildman–Crippen LogP) is 2.58. The van der Waals surface area contributed by atoms with E-state index >= 15 is 0 Å². The van der Waals surface area contributed by atoms with Gasteiger partial charge in [0.15, 0.2) is 11.5 Å². The van der Waals surface area contributed by atoms with Crippen molar-refractivity contribution in [2.24, 2.45) is 0 Å². The van der Waals surface area contributed by atoms with Crippen LogP contribution in [0, 0.1) is 0 Å². The SMILES string of the molecule is COc1ccccc1NC(=O)c1nc(-c2ccoc2)cnc1N. The Bertz CT molecular complexity index is 831. The molecule has 0 aliphatic rings. The maximum atomic E-state index is 12.5. The fourth-order valence-corrected chi connectivity index (χ4v) is 2.04. The number of anilines is 2. The maximum absolute atomic E-state index is 12.5. The van der Waals surface area contributed by atoms with Crippen molar-refractivity contribution in [2.75, 3.05) is 18.2 Å². The van der Waals surface area contributed by atoms with Gasteiger partial charge in [0.05, 0.1) is 37.2 Å². The average Bonchev–Trinajstić information content (AvgIpc) is 3.10. The van der Waals surface area contributed by atoms with Gasteiger partial charge in [-0.1, -0.05) is 12.1 Å². The largest absolute Gasteiger partial charge is 0.495 e. The number of methoxy groups -OCH3 is 1. The summed E-state index contributed by atoms with van der Waals surface area (Å²) in [4.78, 5) is 20.7. The summed E-state index contributed by atoms with van der Waals surface area (Å²) < 4.78 is 10.2. The van der Waals surface area contributed by atoms with E-state index in [1.54, 1.807) is 24.3 Å². The van der Waals surface area contributed by atoms with E-state index in [0.29, 0.717) is 22.7 Å². The van der Waals surface area contributed by atoms with Crippen LogP contribution in [0.5, 0.6) is 5.75 Å². The first kappa shape index (κ1) is 14.6. The van der Waals surface area contributed by atoms with Crippen LogP contribution >= 0.6 is 0 Å². The molecule has 0 aliphatic carbocycles. The highest BCUT2D eigenvalue weighted by Gasteiger charge is 2.16. The molecule has 3 aromatic rings. The van der Waals surface area contributed by atoms with Gasteiger partial charge in [-0.2, -0.15) is 0 Å².